The second kappa shape index (κ2) is 21.6. The van der Waals surface area contributed by atoms with Gasteiger partial charge in [-0.1, -0.05) is 74.9 Å². The average Bonchev–Trinajstić information content (AvgIpc) is 2.61. The number of nitriles is 1. The molecular weight excluding hydrogens is 306 g/mol. The van der Waals surface area contributed by atoms with Crippen molar-refractivity contribution in [3.63, 3.8) is 0 Å². The maximum absolute atomic E-state index is 9.55. The molecule has 24 heavy (non-hydrogen) atoms. The smallest absolute Gasteiger partial charge is 0.328 e. The molecule has 0 atom stereocenters. The van der Waals surface area contributed by atoms with E-state index in [4.69, 9.17) is 15.5 Å². The molecule has 0 amide bonds. The highest BCUT2D eigenvalue weighted by atomic mass is 16.4. The van der Waals surface area contributed by atoms with Crippen LogP contribution in [0.1, 0.15) is 5.56 Å². The molecule has 0 spiro atoms. The zero-order chi connectivity index (χ0) is 19.2. The SMILES string of the molecule is C=CC#N.C=CC=C.C=Cc1ccccc1.O=C(O)/C=C/C(=O)O. The summed E-state index contributed by atoms with van der Waals surface area (Å²) in [4.78, 5) is 19.1. The maximum atomic E-state index is 9.55. The molecule has 0 aliphatic carbocycles. The third kappa shape index (κ3) is 31.0. The van der Waals surface area contributed by atoms with Crippen LogP contribution < -0.4 is 0 Å². The molecule has 0 heterocycles. The summed E-state index contributed by atoms with van der Waals surface area (Å²) >= 11 is 0. The highest BCUT2D eigenvalue weighted by Gasteiger charge is 1.88. The Bertz CT molecular complexity index is 559. The minimum atomic E-state index is -1.26. The van der Waals surface area contributed by atoms with Gasteiger partial charge in [-0.15, -0.1) is 0 Å². The lowest BCUT2D eigenvalue weighted by atomic mass is 10.2. The lowest BCUT2D eigenvalue weighted by Crippen LogP contribution is -1.91. The topological polar surface area (TPSA) is 98.4 Å². The Hall–Kier alpha value is -3.65. The van der Waals surface area contributed by atoms with Crippen molar-refractivity contribution >= 4 is 18.0 Å². The number of rotatable bonds is 4. The summed E-state index contributed by atoms with van der Waals surface area (Å²) < 4.78 is 0. The highest BCUT2D eigenvalue weighted by molar-refractivity contribution is 5.89. The van der Waals surface area contributed by atoms with Gasteiger partial charge < -0.3 is 10.2 Å². The van der Waals surface area contributed by atoms with Crippen LogP contribution in [-0.4, -0.2) is 22.2 Å². The Kier molecular flexibility index (Phi) is 22.8. The van der Waals surface area contributed by atoms with Crippen LogP contribution >= 0.6 is 0 Å². The van der Waals surface area contributed by atoms with E-state index in [1.807, 2.05) is 36.4 Å². The summed E-state index contributed by atoms with van der Waals surface area (Å²) in [6.07, 6.45) is 7.41. The van der Waals surface area contributed by atoms with Gasteiger partial charge in [-0.25, -0.2) is 9.59 Å². The van der Waals surface area contributed by atoms with Crippen molar-refractivity contribution in [3.8, 4) is 6.07 Å². The molecule has 0 fully saturated rings. The zero-order valence-electron chi connectivity index (χ0n) is 13.3. The number of carboxylic acid groups (broad SMARTS) is 2. The number of hydrogen-bond acceptors (Lipinski definition) is 3. The second-order valence-corrected chi connectivity index (χ2v) is 3.43. The predicted molar refractivity (Wildman–Crippen MR) is 97.1 cm³/mol. The average molecular weight is 327 g/mol. The van der Waals surface area contributed by atoms with Crippen molar-refractivity contribution in [2.75, 3.05) is 0 Å². The van der Waals surface area contributed by atoms with E-state index >= 15 is 0 Å². The van der Waals surface area contributed by atoms with Gasteiger partial charge in [0, 0.05) is 18.2 Å². The summed E-state index contributed by atoms with van der Waals surface area (Å²) in [7, 11) is 0. The van der Waals surface area contributed by atoms with E-state index in [1.165, 1.54) is 11.6 Å². The van der Waals surface area contributed by atoms with Gasteiger partial charge >= 0.3 is 11.9 Å². The first kappa shape index (κ1) is 25.3. The molecule has 0 aliphatic rings. The standard InChI is InChI=1S/C8H8.C4H4O4.C4H6.C3H3N/c1-2-8-6-4-3-5-7-8;5-3(6)1-2-4(7)8;1-3-4-2;1-2-3-4/h2-7H,1H2;1-2H,(H,5,6)(H,7,8);3-4H,1-2H2;2H,1H2/b;2-1+;;. The molecule has 0 radical (unpaired) electrons. The van der Waals surface area contributed by atoms with E-state index in [9.17, 15) is 9.59 Å². The van der Waals surface area contributed by atoms with E-state index in [0.717, 1.165) is 0 Å². The van der Waals surface area contributed by atoms with Crippen molar-refractivity contribution in [2.24, 2.45) is 0 Å². The van der Waals surface area contributed by atoms with Gasteiger partial charge in [-0.3, -0.25) is 0 Å². The Morgan fingerprint density at radius 1 is 0.917 bits per heavy atom. The monoisotopic (exact) mass is 327 g/mol. The third-order valence-corrected chi connectivity index (χ3v) is 1.66. The van der Waals surface area contributed by atoms with Gasteiger partial charge in [0.1, 0.15) is 0 Å². The summed E-state index contributed by atoms with van der Waals surface area (Å²) in [5.41, 5.74) is 1.17. The van der Waals surface area contributed by atoms with Crippen LogP contribution in [0.2, 0.25) is 0 Å². The summed E-state index contributed by atoms with van der Waals surface area (Å²) in [6.45, 7) is 13.5. The maximum Gasteiger partial charge on any atom is 0.328 e. The molecular formula is C19H21NO4. The molecule has 1 aromatic rings. The van der Waals surface area contributed by atoms with Gasteiger partial charge in [0.15, 0.2) is 0 Å². The van der Waals surface area contributed by atoms with E-state index in [2.05, 4.69) is 26.3 Å². The van der Waals surface area contributed by atoms with Gasteiger partial charge in [0.2, 0.25) is 0 Å². The number of aliphatic carboxylic acids is 2. The lowest BCUT2D eigenvalue weighted by molar-refractivity contribution is -0.134. The number of allylic oxidation sites excluding steroid dienone is 3. The van der Waals surface area contributed by atoms with Gasteiger partial charge in [-0.2, -0.15) is 5.26 Å². The normalized spacial score (nSPS) is 7.46. The van der Waals surface area contributed by atoms with Crippen LogP contribution in [0.15, 0.2) is 87.0 Å². The van der Waals surface area contributed by atoms with Gasteiger partial charge in [-0.05, 0) is 5.56 Å². The van der Waals surface area contributed by atoms with E-state index in [1.54, 1.807) is 18.2 Å². The quantitative estimate of drug-likeness (QED) is 0.493. The van der Waals surface area contributed by atoms with E-state index < -0.39 is 11.9 Å². The number of carbonyl (C=O) groups is 2. The molecule has 126 valence electrons. The number of benzene rings is 1. The summed E-state index contributed by atoms with van der Waals surface area (Å²) in [6, 6.07) is 11.7. The second-order valence-electron chi connectivity index (χ2n) is 3.43. The fraction of sp³-hybridized carbons (Fsp3) is 0. The fourth-order valence-corrected chi connectivity index (χ4v) is 0.732. The summed E-state index contributed by atoms with van der Waals surface area (Å²) in [5.74, 6) is -2.51. The van der Waals surface area contributed by atoms with Crippen LogP contribution in [0.5, 0.6) is 0 Å². The molecule has 0 saturated heterocycles. The predicted octanol–water partition coefficient (Wildman–Crippen LogP) is 4.10. The summed E-state index contributed by atoms with van der Waals surface area (Å²) in [5, 5.41) is 23.1. The molecule has 0 saturated carbocycles. The first-order chi connectivity index (χ1) is 11.4. The molecule has 2 N–H and O–H groups in total. The van der Waals surface area contributed by atoms with E-state index in [0.29, 0.717) is 12.2 Å². The van der Waals surface area contributed by atoms with E-state index in [-0.39, 0.29) is 0 Å². The zero-order valence-corrected chi connectivity index (χ0v) is 13.3. The Balaban J connectivity index is -0.000000260. The van der Waals surface area contributed by atoms with Gasteiger partial charge in [0.05, 0.1) is 6.07 Å². The lowest BCUT2D eigenvalue weighted by Gasteiger charge is -1.85. The largest absolute Gasteiger partial charge is 0.478 e. The minimum absolute atomic E-state index is 0.558. The molecule has 0 aromatic heterocycles. The van der Waals surface area contributed by atoms with Crippen molar-refractivity contribution in [3.05, 3.63) is 92.6 Å². The molecule has 0 aliphatic heterocycles. The molecule has 0 unspecified atom stereocenters. The van der Waals surface area contributed by atoms with Crippen molar-refractivity contribution in [1.82, 2.24) is 0 Å². The first-order valence-electron chi connectivity index (χ1n) is 6.44. The third-order valence-electron chi connectivity index (χ3n) is 1.66. The van der Waals surface area contributed by atoms with Gasteiger partial charge in [0.25, 0.3) is 0 Å². The number of hydrogen-bond donors (Lipinski definition) is 2. The minimum Gasteiger partial charge on any atom is -0.478 e. The molecule has 0 bridgehead atoms. The highest BCUT2D eigenvalue weighted by Crippen LogP contribution is 1.97. The van der Waals surface area contributed by atoms with Crippen LogP contribution in [0.4, 0.5) is 0 Å². The molecule has 1 aromatic carbocycles. The number of carboxylic acids is 2. The Morgan fingerprint density at radius 3 is 1.46 bits per heavy atom. The van der Waals surface area contributed by atoms with Crippen LogP contribution in [0.3, 0.4) is 0 Å². The van der Waals surface area contributed by atoms with Crippen molar-refractivity contribution in [1.29, 1.82) is 5.26 Å². The molecule has 1 rings (SSSR count). The number of nitrogens with zero attached hydrogens (tertiary/aromatic N) is 1. The Labute approximate surface area is 142 Å². The van der Waals surface area contributed by atoms with Crippen molar-refractivity contribution in [2.45, 2.75) is 0 Å². The first-order valence-corrected chi connectivity index (χ1v) is 6.44. The molecule has 5 heteroatoms. The van der Waals surface area contributed by atoms with Crippen molar-refractivity contribution < 1.29 is 19.8 Å². The van der Waals surface area contributed by atoms with Crippen LogP contribution in [0.25, 0.3) is 6.08 Å². The Morgan fingerprint density at radius 2 is 1.29 bits per heavy atom. The molecule has 5 nitrogen and oxygen atoms in total. The van der Waals surface area contributed by atoms with Crippen LogP contribution in [-0.2, 0) is 9.59 Å². The fourth-order valence-electron chi connectivity index (χ4n) is 0.732. The van der Waals surface area contributed by atoms with Crippen LogP contribution in [0, 0.1) is 11.3 Å².